The number of nitrogens with zero attached hydrogens (tertiary/aromatic N) is 2. The summed E-state index contributed by atoms with van der Waals surface area (Å²) < 4.78 is 0. The van der Waals surface area contributed by atoms with E-state index in [0.29, 0.717) is 0 Å². The lowest BCUT2D eigenvalue weighted by atomic mass is 10.0. The van der Waals surface area contributed by atoms with E-state index < -0.39 is 0 Å². The van der Waals surface area contributed by atoms with Crippen molar-refractivity contribution in [3.63, 3.8) is 0 Å². The molecule has 0 saturated carbocycles. The first-order chi connectivity index (χ1) is 12.9. The second-order valence-corrected chi connectivity index (χ2v) is 6.30. The molecule has 0 aliphatic rings. The van der Waals surface area contributed by atoms with Gasteiger partial charge in [-0.1, -0.05) is 66.0 Å². The summed E-state index contributed by atoms with van der Waals surface area (Å²) in [7, 11) is 0. The van der Waals surface area contributed by atoms with Crippen molar-refractivity contribution >= 4 is 21.5 Å². The molecule has 5 aromatic rings. The van der Waals surface area contributed by atoms with E-state index in [1.807, 2.05) is 48.7 Å². The molecule has 0 radical (unpaired) electrons. The van der Waals surface area contributed by atoms with E-state index in [1.54, 1.807) is 0 Å². The topological polar surface area (TPSA) is 25.8 Å². The summed E-state index contributed by atoms with van der Waals surface area (Å²) in [6.45, 7) is 0. The normalized spacial score (nSPS) is 11.1. The van der Waals surface area contributed by atoms with Gasteiger partial charge < -0.3 is 0 Å². The van der Waals surface area contributed by atoms with Gasteiger partial charge in [-0.3, -0.25) is 9.97 Å². The van der Waals surface area contributed by atoms with Crippen LogP contribution in [0.3, 0.4) is 0 Å². The molecular weight excluding hydrogens is 316 g/mol. The lowest BCUT2D eigenvalue weighted by molar-refractivity contribution is 1.26. The van der Waals surface area contributed by atoms with Crippen LogP contribution in [0.5, 0.6) is 0 Å². The standard InChI is InChI=1S/C24H15N2/c1-2-7-18-14-20(13-12-17(18)6-1)22-10-5-11-23(26-22)24-15-19-8-3-4-9-21(19)16-25-24/h1-12,14-16H/q-1. The number of hydrogen-bond donors (Lipinski definition) is 0. The zero-order chi connectivity index (χ0) is 17.3. The fraction of sp³-hybridized carbons (Fsp3) is 0. The molecule has 3 aromatic carbocycles. The van der Waals surface area contributed by atoms with Gasteiger partial charge in [-0.15, -0.1) is 29.1 Å². The summed E-state index contributed by atoms with van der Waals surface area (Å²) in [5.74, 6) is 0. The van der Waals surface area contributed by atoms with Crippen molar-refractivity contribution in [1.82, 2.24) is 9.97 Å². The lowest BCUT2D eigenvalue weighted by Gasteiger charge is -2.13. The third-order valence-corrected chi connectivity index (χ3v) is 4.60. The first-order valence-electron chi connectivity index (χ1n) is 8.60. The third-order valence-electron chi connectivity index (χ3n) is 4.60. The van der Waals surface area contributed by atoms with Crippen molar-refractivity contribution in [2.75, 3.05) is 0 Å². The van der Waals surface area contributed by atoms with Gasteiger partial charge in [0.15, 0.2) is 0 Å². The fourth-order valence-corrected chi connectivity index (χ4v) is 3.23. The third kappa shape index (κ3) is 2.62. The number of fused-ring (bicyclic) bond motifs is 2. The summed E-state index contributed by atoms with van der Waals surface area (Å²) in [4.78, 5) is 9.42. The molecular formula is C24H15N2-. The molecule has 5 rings (SSSR count). The fourth-order valence-electron chi connectivity index (χ4n) is 3.23. The second-order valence-electron chi connectivity index (χ2n) is 6.30. The highest BCUT2D eigenvalue weighted by Crippen LogP contribution is 2.26. The summed E-state index contributed by atoms with van der Waals surface area (Å²) in [5.41, 5.74) is 3.65. The van der Waals surface area contributed by atoms with Crippen LogP contribution >= 0.6 is 0 Å². The molecule has 26 heavy (non-hydrogen) atoms. The zero-order valence-electron chi connectivity index (χ0n) is 14.1. The second kappa shape index (κ2) is 6.08. The minimum absolute atomic E-state index is 0.870. The Bertz CT molecular complexity index is 1150. The molecule has 0 bridgehead atoms. The molecule has 0 fully saturated rings. The Morgan fingerprint density at radius 3 is 2.12 bits per heavy atom. The highest BCUT2D eigenvalue weighted by Gasteiger charge is 2.03. The average molecular weight is 331 g/mol. The summed E-state index contributed by atoms with van der Waals surface area (Å²) in [6, 6.07) is 32.2. The predicted molar refractivity (Wildman–Crippen MR) is 107 cm³/mol. The molecule has 2 heteroatoms. The Balaban J connectivity index is 1.60. The van der Waals surface area contributed by atoms with Crippen LogP contribution in [0.4, 0.5) is 0 Å². The summed E-state index contributed by atoms with van der Waals surface area (Å²) in [6.07, 6.45) is 1.90. The quantitative estimate of drug-likeness (QED) is 0.375. The van der Waals surface area contributed by atoms with Crippen molar-refractivity contribution < 1.29 is 0 Å². The van der Waals surface area contributed by atoms with Crippen molar-refractivity contribution in [2.45, 2.75) is 0 Å². The molecule has 0 N–H and O–H groups in total. The number of hydrogen-bond acceptors (Lipinski definition) is 2. The maximum absolute atomic E-state index is 4.83. The highest BCUT2D eigenvalue weighted by atomic mass is 14.8. The Labute approximate surface area is 151 Å². The van der Waals surface area contributed by atoms with Crippen LogP contribution in [0.1, 0.15) is 0 Å². The van der Waals surface area contributed by atoms with Gasteiger partial charge in [0.2, 0.25) is 0 Å². The zero-order valence-corrected chi connectivity index (χ0v) is 14.1. The SMILES string of the molecule is [c-]1cc2ccccc2cc1-c1cccc(-c2cc3ccccc3cn2)n1. The molecule has 0 unspecified atom stereocenters. The van der Waals surface area contributed by atoms with Crippen molar-refractivity contribution in [2.24, 2.45) is 0 Å². The molecule has 0 saturated heterocycles. The van der Waals surface area contributed by atoms with E-state index in [-0.39, 0.29) is 0 Å². The minimum atomic E-state index is 0.870. The first-order valence-corrected chi connectivity index (χ1v) is 8.60. The molecule has 0 aliphatic heterocycles. The maximum Gasteiger partial charge on any atom is 0.0882 e. The number of aromatic nitrogens is 2. The molecule has 122 valence electrons. The number of benzene rings is 3. The Hall–Kier alpha value is -3.52. The lowest BCUT2D eigenvalue weighted by Crippen LogP contribution is -1.90. The molecule has 0 spiro atoms. The number of pyridine rings is 2. The van der Waals surface area contributed by atoms with E-state index in [0.717, 1.165) is 28.0 Å². The van der Waals surface area contributed by atoms with E-state index in [4.69, 9.17) is 4.98 Å². The molecule has 2 aromatic heterocycles. The molecule has 0 aliphatic carbocycles. The Morgan fingerprint density at radius 2 is 1.27 bits per heavy atom. The van der Waals surface area contributed by atoms with E-state index in [9.17, 15) is 0 Å². The summed E-state index contributed by atoms with van der Waals surface area (Å²) in [5, 5.41) is 4.68. The molecule has 0 amide bonds. The maximum atomic E-state index is 4.83. The van der Waals surface area contributed by atoms with Gasteiger partial charge >= 0.3 is 0 Å². The average Bonchev–Trinajstić information content (AvgIpc) is 2.73. The van der Waals surface area contributed by atoms with Crippen LogP contribution in [0.25, 0.3) is 44.2 Å². The van der Waals surface area contributed by atoms with Gasteiger partial charge in [-0.2, -0.15) is 0 Å². The molecule has 0 atom stereocenters. The van der Waals surface area contributed by atoms with Crippen LogP contribution in [0, 0.1) is 6.07 Å². The van der Waals surface area contributed by atoms with Crippen LogP contribution in [-0.4, -0.2) is 9.97 Å². The first kappa shape index (κ1) is 14.8. The van der Waals surface area contributed by atoms with E-state index in [1.165, 1.54) is 16.2 Å². The van der Waals surface area contributed by atoms with Crippen LogP contribution in [0.2, 0.25) is 0 Å². The van der Waals surface area contributed by atoms with E-state index in [2.05, 4.69) is 53.5 Å². The van der Waals surface area contributed by atoms with E-state index >= 15 is 0 Å². The minimum Gasteiger partial charge on any atom is -0.295 e. The monoisotopic (exact) mass is 331 g/mol. The van der Waals surface area contributed by atoms with Gasteiger partial charge in [-0.25, -0.2) is 0 Å². The van der Waals surface area contributed by atoms with Crippen LogP contribution < -0.4 is 0 Å². The predicted octanol–water partition coefficient (Wildman–Crippen LogP) is 5.92. The van der Waals surface area contributed by atoms with Gasteiger partial charge in [-0.05, 0) is 23.2 Å². The van der Waals surface area contributed by atoms with Crippen molar-refractivity contribution in [3.8, 4) is 22.6 Å². The van der Waals surface area contributed by atoms with Gasteiger partial charge in [0, 0.05) is 11.6 Å². The number of rotatable bonds is 2. The highest BCUT2D eigenvalue weighted by molar-refractivity contribution is 5.87. The van der Waals surface area contributed by atoms with Crippen LogP contribution in [-0.2, 0) is 0 Å². The molecule has 2 nitrogen and oxygen atoms in total. The van der Waals surface area contributed by atoms with Crippen molar-refractivity contribution in [3.05, 3.63) is 97.2 Å². The van der Waals surface area contributed by atoms with Crippen LogP contribution in [0.15, 0.2) is 91.1 Å². The van der Waals surface area contributed by atoms with Gasteiger partial charge in [0.05, 0.1) is 11.4 Å². The van der Waals surface area contributed by atoms with Gasteiger partial charge in [0.1, 0.15) is 0 Å². The smallest absolute Gasteiger partial charge is 0.0882 e. The van der Waals surface area contributed by atoms with Gasteiger partial charge in [0.25, 0.3) is 0 Å². The Kier molecular flexibility index (Phi) is 3.46. The Morgan fingerprint density at radius 1 is 0.577 bits per heavy atom. The molecule has 2 heterocycles. The van der Waals surface area contributed by atoms with Crippen molar-refractivity contribution in [1.29, 1.82) is 0 Å². The largest absolute Gasteiger partial charge is 0.295 e. The summed E-state index contributed by atoms with van der Waals surface area (Å²) >= 11 is 0.